The molecule has 0 fully saturated rings. The SMILES string of the molecule is CCCc1ccc(C2(c3ccc(OCCC#N)cc3)c3cc(-c4ccccc4)ccc3-c3ccc(-c4ccccc4)cc32)cc1. The van der Waals surface area contributed by atoms with E-state index in [1.165, 1.54) is 61.2 Å². The maximum absolute atomic E-state index is 9.01. The molecule has 2 heteroatoms. The Bertz CT molecular complexity index is 1880. The second-order valence-electron chi connectivity index (χ2n) is 11.7. The average molecular weight is 582 g/mol. The molecule has 0 saturated heterocycles. The predicted molar refractivity (Wildman–Crippen MR) is 184 cm³/mol. The molecule has 0 N–H and O–H groups in total. The molecule has 0 atom stereocenters. The monoisotopic (exact) mass is 581 g/mol. The van der Waals surface area contributed by atoms with Crippen LogP contribution in [0.2, 0.25) is 0 Å². The molecule has 0 unspecified atom stereocenters. The summed E-state index contributed by atoms with van der Waals surface area (Å²) < 4.78 is 5.92. The molecule has 0 aliphatic heterocycles. The lowest BCUT2D eigenvalue weighted by molar-refractivity contribution is 0.326. The Kier molecular flexibility index (Phi) is 7.76. The first-order valence-electron chi connectivity index (χ1n) is 15.8. The fourth-order valence-electron chi connectivity index (χ4n) is 6.96. The van der Waals surface area contributed by atoms with Gasteiger partial charge >= 0.3 is 0 Å². The van der Waals surface area contributed by atoms with Gasteiger partial charge in [-0.3, -0.25) is 0 Å². The zero-order valence-corrected chi connectivity index (χ0v) is 25.5. The van der Waals surface area contributed by atoms with E-state index in [0.717, 1.165) is 18.6 Å². The third-order valence-corrected chi connectivity index (χ3v) is 9.05. The average Bonchev–Trinajstić information content (AvgIpc) is 3.40. The molecule has 0 aromatic heterocycles. The molecule has 0 amide bonds. The number of benzene rings is 6. The molecule has 45 heavy (non-hydrogen) atoms. The van der Waals surface area contributed by atoms with E-state index in [2.05, 4.69) is 159 Å². The largest absolute Gasteiger partial charge is 0.493 e. The summed E-state index contributed by atoms with van der Waals surface area (Å²) in [5, 5.41) is 9.01. The van der Waals surface area contributed by atoms with Crippen molar-refractivity contribution in [2.75, 3.05) is 6.61 Å². The Labute approximate surface area is 266 Å². The molecule has 218 valence electrons. The number of rotatable bonds is 9. The van der Waals surface area contributed by atoms with Crippen molar-refractivity contribution in [1.82, 2.24) is 0 Å². The van der Waals surface area contributed by atoms with E-state index in [9.17, 15) is 0 Å². The van der Waals surface area contributed by atoms with Gasteiger partial charge in [0.15, 0.2) is 0 Å². The first kappa shape index (κ1) is 28.4. The normalized spacial score (nSPS) is 12.6. The topological polar surface area (TPSA) is 33.0 Å². The highest BCUT2D eigenvalue weighted by molar-refractivity contribution is 5.90. The van der Waals surface area contributed by atoms with Crippen molar-refractivity contribution in [2.45, 2.75) is 31.6 Å². The van der Waals surface area contributed by atoms with Gasteiger partial charge in [0.1, 0.15) is 12.4 Å². The van der Waals surface area contributed by atoms with Gasteiger partial charge in [-0.2, -0.15) is 5.26 Å². The van der Waals surface area contributed by atoms with Crippen LogP contribution in [-0.2, 0) is 11.8 Å². The maximum atomic E-state index is 9.01. The van der Waals surface area contributed by atoms with Crippen LogP contribution >= 0.6 is 0 Å². The van der Waals surface area contributed by atoms with Gasteiger partial charge in [0.25, 0.3) is 0 Å². The van der Waals surface area contributed by atoms with Crippen LogP contribution in [0.15, 0.2) is 146 Å². The summed E-state index contributed by atoms with van der Waals surface area (Å²) in [5.74, 6) is 0.775. The Hall–Kier alpha value is -5.39. The predicted octanol–water partition coefficient (Wildman–Crippen LogP) is 10.6. The van der Waals surface area contributed by atoms with E-state index in [1.54, 1.807) is 0 Å². The van der Waals surface area contributed by atoms with E-state index < -0.39 is 5.41 Å². The van der Waals surface area contributed by atoms with Crippen LogP contribution in [0, 0.1) is 11.3 Å². The Balaban J connectivity index is 1.51. The fraction of sp³-hybridized carbons (Fsp3) is 0.140. The van der Waals surface area contributed by atoms with E-state index in [1.807, 2.05) is 0 Å². The van der Waals surface area contributed by atoms with Gasteiger partial charge in [0.2, 0.25) is 0 Å². The molecular formula is C43H35NO. The second-order valence-corrected chi connectivity index (χ2v) is 11.7. The number of hydrogen-bond acceptors (Lipinski definition) is 2. The molecule has 0 radical (unpaired) electrons. The highest BCUT2D eigenvalue weighted by Crippen LogP contribution is 2.57. The summed E-state index contributed by atoms with van der Waals surface area (Å²) in [6, 6.07) is 55.3. The molecule has 0 bridgehead atoms. The zero-order valence-electron chi connectivity index (χ0n) is 25.5. The van der Waals surface area contributed by atoms with Gasteiger partial charge in [0.05, 0.1) is 17.9 Å². The van der Waals surface area contributed by atoms with Crippen molar-refractivity contribution in [2.24, 2.45) is 0 Å². The van der Waals surface area contributed by atoms with Gasteiger partial charge in [0, 0.05) is 0 Å². The molecular weight excluding hydrogens is 546 g/mol. The van der Waals surface area contributed by atoms with Crippen LogP contribution in [0.25, 0.3) is 33.4 Å². The Morgan fingerprint density at radius 2 is 1.09 bits per heavy atom. The van der Waals surface area contributed by atoms with Crippen molar-refractivity contribution in [3.8, 4) is 45.2 Å². The lowest BCUT2D eigenvalue weighted by Gasteiger charge is -2.34. The van der Waals surface area contributed by atoms with Crippen molar-refractivity contribution < 1.29 is 4.74 Å². The van der Waals surface area contributed by atoms with Crippen molar-refractivity contribution in [1.29, 1.82) is 5.26 Å². The summed E-state index contributed by atoms with van der Waals surface area (Å²) in [4.78, 5) is 0. The summed E-state index contributed by atoms with van der Waals surface area (Å²) in [5.41, 5.74) is 13.1. The molecule has 0 spiro atoms. The van der Waals surface area contributed by atoms with Crippen LogP contribution < -0.4 is 4.74 Å². The molecule has 6 aromatic carbocycles. The number of ether oxygens (including phenoxy) is 1. The van der Waals surface area contributed by atoms with Gasteiger partial charge in [-0.05, 0) is 91.9 Å². The summed E-state index contributed by atoms with van der Waals surface area (Å²) in [6.45, 7) is 2.61. The van der Waals surface area contributed by atoms with E-state index >= 15 is 0 Å². The van der Waals surface area contributed by atoms with E-state index in [0.29, 0.717) is 13.0 Å². The summed E-state index contributed by atoms with van der Waals surface area (Å²) >= 11 is 0. The van der Waals surface area contributed by atoms with E-state index in [4.69, 9.17) is 10.00 Å². The number of nitrogens with zero attached hydrogens (tertiary/aromatic N) is 1. The van der Waals surface area contributed by atoms with Crippen molar-refractivity contribution in [3.05, 3.63) is 173 Å². The highest BCUT2D eigenvalue weighted by atomic mass is 16.5. The minimum Gasteiger partial charge on any atom is -0.493 e. The van der Waals surface area contributed by atoms with Crippen LogP contribution in [0.3, 0.4) is 0 Å². The van der Waals surface area contributed by atoms with Crippen molar-refractivity contribution >= 4 is 0 Å². The minimum absolute atomic E-state index is 0.362. The zero-order chi connectivity index (χ0) is 30.6. The number of fused-ring (bicyclic) bond motifs is 3. The first-order valence-corrected chi connectivity index (χ1v) is 15.8. The highest BCUT2D eigenvalue weighted by Gasteiger charge is 2.46. The van der Waals surface area contributed by atoms with E-state index in [-0.39, 0.29) is 0 Å². The van der Waals surface area contributed by atoms with Crippen molar-refractivity contribution in [3.63, 3.8) is 0 Å². The van der Waals surface area contributed by atoms with Gasteiger partial charge in [-0.1, -0.05) is 135 Å². The molecule has 0 heterocycles. The molecule has 2 nitrogen and oxygen atoms in total. The second kappa shape index (κ2) is 12.3. The third kappa shape index (κ3) is 5.11. The number of aryl methyl sites for hydroxylation is 1. The maximum Gasteiger partial charge on any atom is 0.119 e. The molecule has 1 aliphatic carbocycles. The van der Waals surface area contributed by atoms with Crippen LogP contribution in [0.1, 0.15) is 47.6 Å². The summed E-state index contributed by atoms with van der Waals surface area (Å²) in [7, 11) is 0. The van der Waals surface area contributed by atoms with Gasteiger partial charge in [-0.15, -0.1) is 0 Å². The quantitative estimate of drug-likeness (QED) is 0.159. The Morgan fingerprint density at radius 1 is 0.578 bits per heavy atom. The first-order chi connectivity index (χ1) is 22.2. The lowest BCUT2D eigenvalue weighted by Crippen LogP contribution is -2.28. The minimum atomic E-state index is -0.545. The molecule has 0 saturated carbocycles. The molecule has 6 aromatic rings. The third-order valence-electron chi connectivity index (χ3n) is 9.05. The summed E-state index contributed by atoms with van der Waals surface area (Å²) in [6.07, 6.45) is 2.54. The van der Waals surface area contributed by atoms with Crippen LogP contribution in [0.4, 0.5) is 0 Å². The Morgan fingerprint density at radius 3 is 1.58 bits per heavy atom. The smallest absolute Gasteiger partial charge is 0.119 e. The van der Waals surface area contributed by atoms with Crippen LogP contribution in [0.5, 0.6) is 5.75 Å². The molecule has 1 aliphatic rings. The van der Waals surface area contributed by atoms with Gasteiger partial charge < -0.3 is 4.74 Å². The number of hydrogen-bond donors (Lipinski definition) is 0. The standard InChI is InChI=1S/C43H35NO/c1-2-10-31-15-19-36(20-16-31)43(37-21-23-38(24-22-37)45-28-9-27-44)41-29-34(32-11-5-3-6-12-32)17-25-39(41)40-26-18-35(30-42(40)43)33-13-7-4-8-14-33/h3-8,11-26,29-30H,2,9-10,28H2,1H3. The number of nitriles is 1. The molecule has 7 rings (SSSR count). The van der Waals surface area contributed by atoms with Crippen LogP contribution in [-0.4, -0.2) is 6.61 Å². The van der Waals surface area contributed by atoms with Gasteiger partial charge in [-0.25, -0.2) is 0 Å². The fourth-order valence-corrected chi connectivity index (χ4v) is 6.96. The lowest BCUT2D eigenvalue weighted by atomic mass is 9.67.